The van der Waals surface area contributed by atoms with Crippen LogP contribution in [0.3, 0.4) is 0 Å². The van der Waals surface area contributed by atoms with Crippen LogP contribution in [0, 0.1) is 18.3 Å². The maximum Gasteiger partial charge on any atom is 0.306 e. The van der Waals surface area contributed by atoms with Crippen molar-refractivity contribution in [3.63, 3.8) is 0 Å². The molecule has 1 saturated heterocycles. The van der Waals surface area contributed by atoms with Gasteiger partial charge in [-0.3, -0.25) is 15.7 Å². The Bertz CT molecular complexity index is 555. The molecule has 0 amide bonds. The molecule has 0 aliphatic carbocycles. The fourth-order valence-electron chi connectivity index (χ4n) is 2.17. The van der Waals surface area contributed by atoms with E-state index in [1.807, 2.05) is 35.8 Å². The second-order valence-corrected chi connectivity index (χ2v) is 4.98. The van der Waals surface area contributed by atoms with Gasteiger partial charge >= 0.3 is 5.84 Å². The minimum Gasteiger partial charge on any atom is -0.285 e. The van der Waals surface area contributed by atoms with Gasteiger partial charge in [0.15, 0.2) is 0 Å². The summed E-state index contributed by atoms with van der Waals surface area (Å²) in [6, 6.07) is 9.88. The van der Waals surface area contributed by atoms with Gasteiger partial charge in [-0.1, -0.05) is 17.7 Å². The molecule has 0 atom stereocenters. The molecule has 20 heavy (non-hydrogen) atoms. The molecule has 1 aromatic rings. The number of nitrogens with zero attached hydrogens (tertiary/aromatic N) is 3. The lowest BCUT2D eigenvalue weighted by molar-refractivity contribution is -0.536. The highest BCUT2D eigenvalue weighted by Gasteiger charge is 2.18. The van der Waals surface area contributed by atoms with E-state index in [-0.39, 0.29) is 5.71 Å². The lowest BCUT2D eigenvalue weighted by atomic mass is 10.1. The van der Waals surface area contributed by atoms with E-state index in [1.165, 1.54) is 12.0 Å². The predicted octanol–water partition coefficient (Wildman–Crippen LogP) is 1.84. The molecule has 0 aromatic heterocycles. The molecule has 0 unspecified atom stereocenters. The summed E-state index contributed by atoms with van der Waals surface area (Å²) in [7, 11) is 0. The van der Waals surface area contributed by atoms with E-state index in [0.29, 0.717) is 5.84 Å². The smallest absolute Gasteiger partial charge is 0.285 e. The molecule has 0 radical (unpaired) electrons. The lowest BCUT2D eigenvalue weighted by Gasteiger charge is -2.14. The molecule has 0 saturated carbocycles. The van der Waals surface area contributed by atoms with Crippen LogP contribution >= 0.6 is 0 Å². The number of nitriles is 1. The molecule has 1 aliphatic heterocycles. The van der Waals surface area contributed by atoms with E-state index in [4.69, 9.17) is 5.73 Å². The number of hydrogen-bond acceptors (Lipinski definition) is 3. The van der Waals surface area contributed by atoms with Crippen molar-refractivity contribution in [2.75, 3.05) is 18.5 Å². The Morgan fingerprint density at radius 2 is 1.90 bits per heavy atom. The molecule has 1 aliphatic rings. The summed E-state index contributed by atoms with van der Waals surface area (Å²) in [5.41, 5.74) is 11.2. The quantitative estimate of drug-likeness (QED) is 0.381. The van der Waals surface area contributed by atoms with Crippen molar-refractivity contribution in [2.45, 2.75) is 26.2 Å². The first kappa shape index (κ1) is 14.1. The molecular formula is C15H20N5+. The Morgan fingerprint density at radius 3 is 2.50 bits per heavy atom. The molecule has 5 heteroatoms. The van der Waals surface area contributed by atoms with Crippen LogP contribution in [0.2, 0.25) is 0 Å². The zero-order chi connectivity index (χ0) is 14.4. The van der Waals surface area contributed by atoms with Gasteiger partial charge in [0.25, 0.3) is 0 Å². The van der Waals surface area contributed by atoms with E-state index < -0.39 is 0 Å². The molecule has 1 fully saturated rings. The summed E-state index contributed by atoms with van der Waals surface area (Å²) in [4.78, 5) is 0. The van der Waals surface area contributed by atoms with Gasteiger partial charge in [0.2, 0.25) is 5.71 Å². The number of hydrazone groups is 1. The van der Waals surface area contributed by atoms with Gasteiger partial charge < -0.3 is 0 Å². The largest absolute Gasteiger partial charge is 0.306 e. The highest BCUT2D eigenvalue weighted by Crippen LogP contribution is 2.08. The number of nitrogens with one attached hydrogen (secondary N) is 1. The van der Waals surface area contributed by atoms with Crippen molar-refractivity contribution < 1.29 is 4.58 Å². The molecular weight excluding hydrogens is 250 g/mol. The summed E-state index contributed by atoms with van der Waals surface area (Å²) < 4.78 is 2.03. The summed E-state index contributed by atoms with van der Waals surface area (Å²) >= 11 is 0. The Morgan fingerprint density at radius 1 is 1.25 bits per heavy atom. The van der Waals surface area contributed by atoms with E-state index in [2.05, 4.69) is 16.6 Å². The molecule has 0 spiro atoms. The van der Waals surface area contributed by atoms with Crippen molar-refractivity contribution in [3.8, 4) is 6.07 Å². The normalized spacial score (nSPS) is 15.6. The third kappa shape index (κ3) is 3.58. The van der Waals surface area contributed by atoms with Crippen LogP contribution in [-0.2, 0) is 0 Å². The molecule has 1 heterocycles. The second-order valence-electron chi connectivity index (χ2n) is 4.98. The van der Waals surface area contributed by atoms with Gasteiger partial charge in [0.05, 0.1) is 18.8 Å². The van der Waals surface area contributed by atoms with Crippen molar-refractivity contribution in [1.29, 1.82) is 5.26 Å². The van der Waals surface area contributed by atoms with Gasteiger partial charge in [-0.2, -0.15) is 10.4 Å². The van der Waals surface area contributed by atoms with Gasteiger partial charge in [0.1, 0.15) is 6.07 Å². The van der Waals surface area contributed by atoms with E-state index in [9.17, 15) is 5.26 Å². The van der Waals surface area contributed by atoms with Crippen molar-refractivity contribution >= 4 is 17.2 Å². The first-order valence-corrected chi connectivity index (χ1v) is 6.89. The molecule has 2 rings (SSSR count). The molecule has 1 aromatic carbocycles. The Kier molecular flexibility index (Phi) is 4.72. The molecule has 104 valence electrons. The maximum atomic E-state index is 9.20. The lowest BCUT2D eigenvalue weighted by Crippen LogP contribution is -2.38. The fraction of sp³-hybridized carbons (Fsp3) is 0.400. The first-order valence-electron chi connectivity index (χ1n) is 6.89. The Hall–Kier alpha value is -2.35. The zero-order valence-electron chi connectivity index (χ0n) is 11.8. The Balaban J connectivity index is 2.13. The number of hydrogen-bond donors (Lipinski definition) is 2. The zero-order valence-corrected chi connectivity index (χ0v) is 11.8. The average Bonchev–Trinajstić information content (AvgIpc) is 2.50. The summed E-state index contributed by atoms with van der Waals surface area (Å²) in [5.74, 6) is 0.465. The predicted molar refractivity (Wildman–Crippen MR) is 80.9 cm³/mol. The third-order valence-corrected chi connectivity index (χ3v) is 3.39. The number of aryl methyl sites for hydroxylation is 1. The monoisotopic (exact) mass is 270 g/mol. The van der Waals surface area contributed by atoms with Crippen molar-refractivity contribution in [2.24, 2.45) is 10.8 Å². The van der Waals surface area contributed by atoms with Crippen molar-refractivity contribution in [3.05, 3.63) is 29.8 Å². The number of nitrogens with two attached hydrogens (primary N) is 1. The van der Waals surface area contributed by atoms with Gasteiger partial charge in [-0.15, -0.1) is 0 Å². The van der Waals surface area contributed by atoms with Crippen LogP contribution in [0.1, 0.15) is 24.8 Å². The number of benzene rings is 1. The van der Waals surface area contributed by atoms with Crippen LogP contribution in [0.25, 0.3) is 0 Å². The highest BCUT2D eigenvalue weighted by atomic mass is 15.3. The molecule has 5 nitrogen and oxygen atoms in total. The molecule has 0 bridgehead atoms. The van der Waals surface area contributed by atoms with E-state index in [0.717, 1.165) is 31.6 Å². The number of amidine groups is 1. The topological polar surface area (TPSA) is 77.2 Å². The maximum absolute atomic E-state index is 9.20. The Labute approximate surface area is 119 Å². The van der Waals surface area contributed by atoms with Gasteiger partial charge in [-0.05, 0) is 38.3 Å². The SMILES string of the molecule is Cc1ccc(N/N=C(/C#N)C(N)=[N+]2CCCCC2)cc1. The minimum atomic E-state index is 0.243. The summed E-state index contributed by atoms with van der Waals surface area (Å²) in [5, 5.41) is 13.3. The fourth-order valence-corrected chi connectivity index (χ4v) is 2.17. The van der Waals surface area contributed by atoms with E-state index in [1.54, 1.807) is 0 Å². The molecule has 3 N–H and O–H groups in total. The second kappa shape index (κ2) is 6.71. The standard InChI is InChI=1S/C15H19N5/c1-12-5-7-13(8-6-12)18-19-14(11-16)15(17)20-9-3-2-4-10-20/h5-8H,2-4,9-10H2,1H3,(H2,17,18)/p+1. The van der Waals surface area contributed by atoms with E-state index >= 15 is 0 Å². The third-order valence-electron chi connectivity index (χ3n) is 3.39. The summed E-state index contributed by atoms with van der Waals surface area (Å²) in [6.45, 7) is 3.82. The summed E-state index contributed by atoms with van der Waals surface area (Å²) in [6.07, 6.45) is 3.46. The average molecular weight is 270 g/mol. The van der Waals surface area contributed by atoms with Crippen LogP contribution in [0.5, 0.6) is 0 Å². The van der Waals surface area contributed by atoms with Crippen LogP contribution < -0.4 is 11.2 Å². The first-order chi connectivity index (χ1) is 9.70. The van der Waals surface area contributed by atoms with Crippen LogP contribution in [-0.4, -0.2) is 29.2 Å². The van der Waals surface area contributed by atoms with Crippen LogP contribution in [0.4, 0.5) is 5.69 Å². The number of anilines is 1. The number of rotatable bonds is 3. The van der Waals surface area contributed by atoms with Crippen LogP contribution in [0.15, 0.2) is 29.4 Å². The minimum absolute atomic E-state index is 0.243. The van der Waals surface area contributed by atoms with Gasteiger partial charge in [-0.25, -0.2) is 0 Å². The number of piperidine rings is 1. The van der Waals surface area contributed by atoms with Crippen molar-refractivity contribution in [1.82, 2.24) is 0 Å². The van der Waals surface area contributed by atoms with Gasteiger partial charge in [0, 0.05) is 0 Å². The highest BCUT2D eigenvalue weighted by molar-refractivity contribution is 6.45.